The predicted octanol–water partition coefficient (Wildman–Crippen LogP) is 5.95. The number of carbonyl (C=O) groups is 1. The molecule has 0 saturated carbocycles. The number of anilines is 2. The Morgan fingerprint density at radius 1 is 0.676 bits per heavy atom. The van der Waals surface area contributed by atoms with Gasteiger partial charge in [0, 0.05) is 24.5 Å². The number of benzene rings is 4. The fourth-order valence-corrected chi connectivity index (χ4v) is 5.88. The Morgan fingerprint density at radius 3 is 1.78 bits per heavy atom. The maximum Gasteiger partial charge on any atom is 0.242 e. The number of hydrogen-bond donors (Lipinski definition) is 0. The van der Waals surface area contributed by atoms with E-state index >= 15 is 0 Å². The van der Waals surface area contributed by atoms with E-state index in [1.54, 1.807) is 14.2 Å². The number of hydrogen-bond acceptors (Lipinski definition) is 4. The standard InChI is InChI=1S/C32H30N2O3/c1-36-25-15-11-23(12-16-25)21-33-20-19-32(27-7-3-5-9-29(27)33)28-8-4-6-10-30(28)34(31(32)35)22-24-13-17-26(37-2)18-14-24/h3-18H,19-22H2,1-2H3. The van der Waals surface area contributed by atoms with Gasteiger partial charge in [0.25, 0.3) is 0 Å². The third-order valence-corrected chi connectivity index (χ3v) is 7.76. The highest BCUT2D eigenvalue weighted by molar-refractivity contribution is 6.11. The highest BCUT2D eigenvalue weighted by atomic mass is 16.5. The number of nitrogens with zero attached hydrogens (tertiary/aromatic N) is 2. The van der Waals surface area contributed by atoms with Crippen LogP contribution in [0.4, 0.5) is 11.4 Å². The van der Waals surface area contributed by atoms with Crippen molar-refractivity contribution in [3.05, 3.63) is 119 Å². The molecule has 1 unspecified atom stereocenters. The number of carbonyl (C=O) groups excluding carboxylic acids is 1. The molecule has 0 bridgehead atoms. The van der Waals surface area contributed by atoms with Crippen LogP contribution < -0.4 is 19.3 Å². The van der Waals surface area contributed by atoms with E-state index in [4.69, 9.17) is 9.47 Å². The van der Waals surface area contributed by atoms with E-state index in [1.807, 2.05) is 47.4 Å². The van der Waals surface area contributed by atoms with Gasteiger partial charge in [0.15, 0.2) is 0 Å². The summed E-state index contributed by atoms with van der Waals surface area (Å²) >= 11 is 0. The molecule has 2 aliphatic heterocycles. The number of amides is 1. The molecule has 5 nitrogen and oxygen atoms in total. The molecule has 0 N–H and O–H groups in total. The van der Waals surface area contributed by atoms with Gasteiger partial charge >= 0.3 is 0 Å². The molecule has 37 heavy (non-hydrogen) atoms. The lowest BCUT2D eigenvalue weighted by Crippen LogP contribution is -2.47. The fourth-order valence-electron chi connectivity index (χ4n) is 5.88. The average Bonchev–Trinajstić information content (AvgIpc) is 3.19. The minimum absolute atomic E-state index is 0.154. The van der Waals surface area contributed by atoms with E-state index in [9.17, 15) is 4.79 Å². The molecule has 4 aromatic carbocycles. The van der Waals surface area contributed by atoms with Crippen LogP contribution in [0.3, 0.4) is 0 Å². The molecule has 6 rings (SSSR count). The highest BCUT2D eigenvalue weighted by Crippen LogP contribution is 2.53. The van der Waals surface area contributed by atoms with E-state index in [2.05, 4.69) is 59.5 Å². The highest BCUT2D eigenvalue weighted by Gasteiger charge is 2.54. The summed E-state index contributed by atoms with van der Waals surface area (Å²) in [6.45, 7) is 2.10. The van der Waals surface area contributed by atoms with Crippen molar-refractivity contribution in [1.82, 2.24) is 0 Å². The Hall–Kier alpha value is -4.25. The maximum atomic E-state index is 14.4. The van der Waals surface area contributed by atoms with Crippen molar-refractivity contribution in [3.63, 3.8) is 0 Å². The summed E-state index contributed by atoms with van der Waals surface area (Å²) in [7, 11) is 3.35. The Bertz CT molecular complexity index is 1430. The molecular formula is C32H30N2O3. The Kier molecular flexibility index (Phi) is 5.84. The largest absolute Gasteiger partial charge is 0.497 e. The Balaban J connectivity index is 1.38. The summed E-state index contributed by atoms with van der Waals surface area (Å²) < 4.78 is 10.6. The van der Waals surface area contributed by atoms with Crippen LogP contribution in [-0.2, 0) is 23.3 Å². The molecule has 1 amide bonds. The van der Waals surface area contributed by atoms with Crippen LogP contribution in [0.2, 0.25) is 0 Å². The number of methoxy groups -OCH3 is 2. The predicted molar refractivity (Wildman–Crippen MR) is 147 cm³/mol. The maximum absolute atomic E-state index is 14.4. The smallest absolute Gasteiger partial charge is 0.242 e. The first-order valence-electron chi connectivity index (χ1n) is 12.7. The van der Waals surface area contributed by atoms with E-state index in [1.165, 1.54) is 5.56 Å². The van der Waals surface area contributed by atoms with Crippen LogP contribution in [0, 0.1) is 0 Å². The zero-order valence-electron chi connectivity index (χ0n) is 21.2. The monoisotopic (exact) mass is 490 g/mol. The fraction of sp³-hybridized carbons (Fsp3) is 0.219. The van der Waals surface area contributed by atoms with Crippen molar-refractivity contribution in [2.45, 2.75) is 24.9 Å². The van der Waals surface area contributed by atoms with Crippen LogP contribution in [0.25, 0.3) is 0 Å². The van der Waals surface area contributed by atoms with Gasteiger partial charge in [-0.25, -0.2) is 0 Å². The Morgan fingerprint density at radius 2 is 1.19 bits per heavy atom. The molecule has 0 aromatic heterocycles. The molecule has 2 heterocycles. The second kappa shape index (κ2) is 9.32. The van der Waals surface area contributed by atoms with Crippen molar-refractivity contribution >= 4 is 17.3 Å². The van der Waals surface area contributed by atoms with Gasteiger partial charge in [-0.3, -0.25) is 4.79 Å². The van der Waals surface area contributed by atoms with Crippen LogP contribution in [0.5, 0.6) is 11.5 Å². The summed E-state index contributed by atoms with van der Waals surface area (Å²) in [6, 6.07) is 32.9. The van der Waals surface area contributed by atoms with E-state index in [0.717, 1.165) is 59.1 Å². The third-order valence-electron chi connectivity index (χ3n) is 7.76. The molecule has 1 spiro atoms. The van der Waals surface area contributed by atoms with Gasteiger partial charge in [-0.05, 0) is 65.1 Å². The molecular weight excluding hydrogens is 460 g/mol. The number of para-hydroxylation sites is 2. The van der Waals surface area contributed by atoms with Gasteiger partial charge < -0.3 is 19.3 Å². The van der Waals surface area contributed by atoms with Crippen molar-refractivity contribution in [3.8, 4) is 11.5 Å². The summed E-state index contributed by atoms with van der Waals surface area (Å²) in [4.78, 5) is 18.8. The second-order valence-corrected chi connectivity index (χ2v) is 9.70. The van der Waals surface area contributed by atoms with Crippen molar-refractivity contribution < 1.29 is 14.3 Å². The SMILES string of the molecule is COc1ccc(CN2CCC3(C(=O)N(Cc4ccc(OC)cc4)c4ccccc43)c3ccccc32)cc1. The molecule has 2 aliphatic rings. The zero-order valence-corrected chi connectivity index (χ0v) is 21.2. The van der Waals surface area contributed by atoms with E-state index in [0.29, 0.717) is 6.54 Å². The second-order valence-electron chi connectivity index (χ2n) is 9.70. The van der Waals surface area contributed by atoms with Gasteiger partial charge in [-0.15, -0.1) is 0 Å². The molecule has 4 aromatic rings. The quantitative estimate of drug-likeness (QED) is 0.335. The normalized spacial score (nSPS) is 18.1. The molecule has 0 radical (unpaired) electrons. The van der Waals surface area contributed by atoms with Crippen LogP contribution in [-0.4, -0.2) is 26.7 Å². The first-order valence-corrected chi connectivity index (χ1v) is 12.7. The first kappa shape index (κ1) is 23.2. The van der Waals surface area contributed by atoms with Crippen LogP contribution in [0.15, 0.2) is 97.1 Å². The summed E-state index contributed by atoms with van der Waals surface area (Å²) in [5, 5.41) is 0. The van der Waals surface area contributed by atoms with Gasteiger partial charge in [0.1, 0.15) is 16.9 Å². The third kappa shape index (κ3) is 3.82. The molecule has 0 aliphatic carbocycles. The molecule has 0 saturated heterocycles. The minimum Gasteiger partial charge on any atom is -0.497 e. The van der Waals surface area contributed by atoms with Crippen molar-refractivity contribution in [2.24, 2.45) is 0 Å². The Labute approximate surface area is 217 Å². The zero-order chi connectivity index (χ0) is 25.4. The number of rotatable bonds is 6. The van der Waals surface area contributed by atoms with E-state index < -0.39 is 5.41 Å². The number of fused-ring (bicyclic) bond motifs is 4. The van der Waals surface area contributed by atoms with E-state index in [-0.39, 0.29) is 5.91 Å². The summed E-state index contributed by atoms with van der Waals surface area (Å²) in [6.07, 6.45) is 0.731. The van der Waals surface area contributed by atoms with Crippen molar-refractivity contribution in [2.75, 3.05) is 30.6 Å². The number of ether oxygens (including phenoxy) is 2. The topological polar surface area (TPSA) is 42.0 Å². The first-order chi connectivity index (χ1) is 18.1. The molecule has 0 fully saturated rings. The van der Waals surface area contributed by atoms with Crippen molar-refractivity contribution in [1.29, 1.82) is 0 Å². The van der Waals surface area contributed by atoms with Gasteiger partial charge in [0.2, 0.25) is 5.91 Å². The lowest BCUT2D eigenvalue weighted by atomic mass is 9.70. The summed E-state index contributed by atoms with van der Waals surface area (Å²) in [5.74, 6) is 1.82. The van der Waals surface area contributed by atoms with Gasteiger partial charge in [-0.1, -0.05) is 60.7 Å². The molecule has 186 valence electrons. The lowest BCUT2D eigenvalue weighted by molar-refractivity contribution is -0.122. The molecule has 5 heteroatoms. The summed E-state index contributed by atoms with van der Waals surface area (Å²) in [5.41, 5.74) is 5.92. The molecule has 1 atom stereocenters. The van der Waals surface area contributed by atoms with Gasteiger partial charge in [-0.2, -0.15) is 0 Å². The van der Waals surface area contributed by atoms with Gasteiger partial charge in [0.05, 0.1) is 20.8 Å². The van der Waals surface area contributed by atoms with Crippen LogP contribution >= 0.6 is 0 Å². The average molecular weight is 491 g/mol. The lowest BCUT2D eigenvalue weighted by Gasteiger charge is -2.41. The van der Waals surface area contributed by atoms with Crippen LogP contribution in [0.1, 0.15) is 28.7 Å². The minimum atomic E-state index is -0.684.